The van der Waals surface area contributed by atoms with Gasteiger partial charge in [0.05, 0.1) is 17.6 Å². The number of aromatic nitrogens is 3. The van der Waals surface area contributed by atoms with Gasteiger partial charge in [-0.1, -0.05) is 30.3 Å². The number of hydrogen-bond acceptors (Lipinski definition) is 4. The Morgan fingerprint density at radius 2 is 1.85 bits per heavy atom. The fraction of sp³-hybridized carbons (Fsp3) is 0.296. The van der Waals surface area contributed by atoms with Gasteiger partial charge in [-0.05, 0) is 68.1 Å². The van der Waals surface area contributed by atoms with Crippen molar-refractivity contribution >= 4 is 16.9 Å². The SMILES string of the molecule is Cc1cccc(OCCCn2c(CCCNC(=O)c3ccccn3)nc3ccccc32)c1C. The highest BCUT2D eigenvalue weighted by Crippen LogP contribution is 2.21. The molecule has 2 aromatic heterocycles. The molecule has 2 aromatic carbocycles. The molecule has 6 nitrogen and oxygen atoms in total. The number of para-hydroxylation sites is 2. The minimum Gasteiger partial charge on any atom is -0.493 e. The second-order valence-corrected chi connectivity index (χ2v) is 8.14. The molecule has 0 aliphatic carbocycles. The molecule has 0 saturated carbocycles. The van der Waals surface area contributed by atoms with E-state index in [1.165, 1.54) is 11.1 Å². The lowest BCUT2D eigenvalue weighted by atomic mass is 10.1. The number of aryl methyl sites for hydroxylation is 3. The van der Waals surface area contributed by atoms with Crippen LogP contribution in [0.1, 0.15) is 40.3 Å². The number of carbonyl (C=O) groups is 1. The van der Waals surface area contributed by atoms with Crippen molar-refractivity contribution < 1.29 is 9.53 Å². The maximum Gasteiger partial charge on any atom is 0.269 e. The average molecular weight is 443 g/mol. The molecule has 4 rings (SSSR count). The van der Waals surface area contributed by atoms with E-state index in [1.807, 2.05) is 36.4 Å². The fourth-order valence-electron chi connectivity index (χ4n) is 3.89. The number of hydrogen-bond donors (Lipinski definition) is 1. The van der Waals surface area contributed by atoms with Crippen LogP contribution >= 0.6 is 0 Å². The normalized spacial score (nSPS) is 11.0. The smallest absolute Gasteiger partial charge is 0.269 e. The summed E-state index contributed by atoms with van der Waals surface area (Å²) < 4.78 is 8.33. The molecule has 0 atom stereocenters. The van der Waals surface area contributed by atoms with Crippen LogP contribution in [-0.4, -0.2) is 33.6 Å². The number of pyridine rings is 1. The van der Waals surface area contributed by atoms with Gasteiger partial charge in [0.1, 0.15) is 17.3 Å². The van der Waals surface area contributed by atoms with E-state index in [0.29, 0.717) is 18.8 Å². The van der Waals surface area contributed by atoms with E-state index >= 15 is 0 Å². The first kappa shape index (κ1) is 22.5. The molecule has 2 heterocycles. The van der Waals surface area contributed by atoms with Gasteiger partial charge in [0.15, 0.2) is 0 Å². The summed E-state index contributed by atoms with van der Waals surface area (Å²) in [6, 6.07) is 19.7. The van der Waals surface area contributed by atoms with Crippen LogP contribution in [0, 0.1) is 13.8 Å². The molecule has 0 unspecified atom stereocenters. The van der Waals surface area contributed by atoms with Crippen LogP contribution in [0.5, 0.6) is 5.75 Å². The summed E-state index contributed by atoms with van der Waals surface area (Å²) in [6.07, 6.45) is 4.11. The lowest BCUT2D eigenvalue weighted by Gasteiger charge is -2.13. The maximum absolute atomic E-state index is 12.2. The summed E-state index contributed by atoms with van der Waals surface area (Å²) in [5.41, 5.74) is 5.01. The second kappa shape index (κ2) is 10.8. The van der Waals surface area contributed by atoms with Crippen LogP contribution < -0.4 is 10.1 Å². The van der Waals surface area contributed by atoms with Crippen molar-refractivity contribution in [1.82, 2.24) is 19.9 Å². The van der Waals surface area contributed by atoms with E-state index in [4.69, 9.17) is 9.72 Å². The first-order chi connectivity index (χ1) is 16.1. The van der Waals surface area contributed by atoms with Gasteiger partial charge in [-0.25, -0.2) is 4.98 Å². The molecule has 1 N–H and O–H groups in total. The van der Waals surface area contributed by atoms with Crippen LogP contribution in [0.4, 0.5) is 0 Å². The molecule has 0 spiro atoms. The predicted octanol–water partition coefficient (Wildman–Crippen LogP) is 4.88. The predicted molar refractivity (Wildman–Crippen MR) is 131 cm³/mol. The highest BCUT2D eigenvalue weighted by atomic mass is 16.5. The number of rotatable bonds is 10. The van der Waals surface area contributed by atoms with E-state index in [1.54, 1.807) is 18.3 Å². The lowest BCUT2D eigenvalue weighted by Crippen LogP contribution is -2.25. The Morgan fingerprint density at radius 1 is 1.00 bits per heavy atom. The second-order valence-electron chi connectivity index (χ2n) is 8.14. The molecular weight excluding hydrogens is 412 g/mol. The molecule has 1 amide bonds. The van der Waals surface area contributed by atoms with E-state index in [-0.39, 0.29) is 5.91 Å². The molecule has 0 aliphatic rings. The Balaban J connectivity index is 1.34. The third kappa shape index (κ3) is 5.58. The summed E-state index contributed by atoms with van der Waals surface area (Å²) in [7, 11) is 0. The highest BCUT2D eigenvalue weighted by Gasteiger charge is 2.11. The van der Waals surface area contributed by atoms with E-state index in [9.17, 15) is 4.79 Å². The zero-order valence-electron chi connectivity index (χ0n) is 19.3. The Morgan fingerprint density at radius 3 is 2.70 bits per heavy atom. The van der Waals surface area contributed by atoms with Crippen LogP contribution in [0.3, 0.4) is 0 Å². The highest BCUT2D eigenvalue weighted by molar-refractivity contribution is 5.92. The molecule has 0 bridgehead atoms. The van der Waals surface area contributed by atoms with Crippen molar-refractivity contribution in [2.45, 2.75) is 39.7 Å². The van der Waals surface area contributed by atoms with E-state index in [2.05, 4.69) is 40.8 Å². The van der Waals surface area contributed by atoms with Crippen molar-refractivity contribution in [3.05, 3.63) is 89.5 Å². The minimum atomic E-state index is -0.146. The molecular formula is C27H30N4O2. The van der Waals surface area contributed by atoms with Gasteiger partial charge >= 0.3 is 0 Å². The molecule has 6 heteroatoms. The third-order valence-electron chi connectivity index (χ3n) is 5.83. The first-order valence-electron chi connectivity index (χ1n) is 11.5. The van der Waals surface area contributed by atoms with Crippen molar-refractivity contribution in [1.29, 1.82) is 0 Å². The molecule has 0 aliphatic heterocycles. The summed E-state index contributed by atoms with van der Waals surface area (Å²) in [5.74, 6) is 1.84. The maximum atomic E-state index is 12.2. The number of nitrogens with zero attached hydrogens (tertiary/aromatic N) is 3. The monoisotopic (exact) mass is 442 g/mol. The van der Waals surface area contributed by atoms with Crippen molar-refractivity contribution in [2.75, 3.05) is 13.2 Å². The van der Waals surface area contributed by atoms with Gasteiger partial charge in [0, 0.05) is 25.7 Å². The van der Waals surface area contributed by atoms with E-state index in [0.717, 1.165) is 48.4 Å². The zero-order chi connectivity index (χ0) is 23.0. The summed E-state index contributed by atoms with van der Waals surface area (Å²) in [6.45, 7) is 6.26. The summed E-state index contributed by atoms with van der Waals surface area (Å²) in [4.78, 5) is 21.1. The minimum absolute atomic E-state index is 0.146. The van der Waals surface area contributed by atoms with Crippen LogP contribution in [0.25, 0.3) is 11.0 Å². The molecule has 4 aromatic rings. The van der Waals surface area contributed by atoms with Crippen molar-refractivity contribution in [3.63, 3.8) is 0 Å². The Bertz CT molecular complexity index is 1220. The van der Waals surface area contributed by atoms with Crippen LogP contribution in [0.15, 0.2) is 66.9 Å². The Hall–Kier alpha value is -3.67. The Kier molecular flexibility index (Phi) is 7.35. The summed E-state index contributed by atoms with van der Waals surface area (Å²) in [5, 5.41) is 2.94. The van der Waals surface area contributed by atoms with Crippen LogP contribution in [-0.2, 0) is 13.0 Å². The molecule has 0 saturated heterocycles. The van der Waals surface area contributed by atoms with Crippen molar-refractivity contribution in [3.8, 4) is 5.75 Å². The summed E-state index contributed by atoms with van der Waals surface area (Å²) >= 11 is 0. The van der Waals surface area contributed by atoms with Gasteiger partial charge in [-0.15, -0.1) is 0 Å². The van der Waals surface area contributed by atoms with Gasteiger partial charge < -0.3 is 14.6 Å². The lowest BCUT2D eigenvalue weighted by molar-refractivity contribution is 0.0948. The number of amides is 1. The largest absolute Gasteiger partial charge is 0.493 e. The molecule has 0 fully saturated rings. The van der Waals surface area contributed by atoms with Gasteiger partial charge in [0.25, 0.3) is 5.91 Å². The van der Waals surface area contributed by atoms with Crippen molar-refractivity contribution in [2.24, 2.45) is 0 Å². The number of benzene rings is 2. The Labute approximate surface area is 194 Å². The number of ether oxygens (including phenoxy) is 1. The molecule has 33 heavy (non-hydrogen) atoms. The third-order valence-corrected chi connectivity index (χ3v) is 5.83. The number of fused-ring (bicyclic) bond motifs is 1. The molecule has 0 radical (unpaired) electrons. The van der Waals surface area contributed by atoms with Crippen LogP contribution in [0.2, 0.25) is 0 Å². The topological polar surface area (TPSA) is 69.0 Å². The van der Waals surface area contributed by atoms with Gasteiger partial charge in [0.2, 0.25) is 0 Å². The first-order valence-corrected chi connectivity index (χ1v) is 11.5. The van der Waals surface area contributed by atoms with Gasteiger partial charge in [-0.3, -0.25) is 9.78 Å². The fourth-order valence-corrected chi connectivity index (χ4v) is 3.89. The number of imidazole rings is 1. The van der Waals surface area contributed by atoms with E-state index < -0.39 is 0 Å². The average Bonchev–Trinajstić information content (AvgIpc) is 3.20. The quantitative estimate of drug-likeness (QED) is 0.356. The standard InChI is InChI=1S/C27H30N4O2/c1-20-10-7-14-25(21(20)2)33-19-9-18-31-24-13-4-3-11-22(24)30-26(31)15-8-17-29-27(32)23-12-5-6-16-28-23/h3-7,10-14,16H,8-9,15,17-19H2,1-2H3,(H,29,32). The van der Waals surface area contributed by atoms with Gasteiger partial charge in [-0.2, -0.15) is 0 Å². The number of nitrogens with one attached hydrogen (secondary N) is 1. The molecule has 170 valence electrons. The zero-order valence-corrected chi connectivity index (χ0v) is 19.3. The number of carbonyl (C=O) groups excluding carboxylic acids is 1.